The van der Waals surface area contributed by atoms with Crippen molar-refractivity contribution in [2.75, 3.05) is 12.4 Å². The van der Waals surface area contributed by atoms with E-state index in [-0.39, 0.29) is 33.5 Å². The topological polar surface area (TPSA) is 75.6 Å². The molecule has 0 aliphatic rings. The number of rotatable bonds is 5. The van der Waals surface area contributed by atoms with Crippen LogP contribution in [0.1, 0.15) is 20.7 Å². The molecule has 0 atom stereocenters. The fourth-order valence-corrected chi connectivity index (χ4v) is 2.48. The Kier molecular flexibility index (Phi) is 5.58. The molecular formula is C16H12F3NO4S. The molecular weight excluding hydrogens is 359 g/mol. The van der Waals surface area contributed by atoms with E-state index in [4.69, 9.17) is 4.74 Å². The quantitative estimate of drug-likeness (QED) is 0.768. The lowest BCUT2D eigenvalue weighted by molar-refractivity contribution is -0.0328. The lowest BCUT2D eigenvalue weighted by atomic mass is 10.1. The molecule has 0 bridgehead atoms. The number of amides is 1. The molecule has 25 heavy (non-hydrogen) atoms. The van der Waals surface area contributed by atoms with Crippen molar-refractivity contribution in [3.8, 4) is 5.75 Å². The molecule has 0 radical (unpaired) electrons. The molecule has 0 fully saturated rings. The Bertz CT molecular complexity index is 791. The lowest BCUT2D eigenvalue weighted by Gasteiger charge is -2.11. The van der Waals surface area contributed by atoms with E-state index >= 15 is 0 Å². The summed E-state index contributed by atoms with van der Waals surface area (Å²) < 4.78 is 41.8. The number of nitrogens with one attached hydrogen (secondary N) is 1. The summed E-state index contributed by atoms with van der Waals surface area (Å²) in [7, 11) is 1.37. The van der Waals surface area contributed by atoms with E-state index in [1.807, 2.05) is 0 Å². The maximum atomic E-state index is 12.3. The highest BCUT2D eigenvalue weighted by Gasteiger charge is 2.29. The molecule has 2 aromatic rings. The number of hydrogen-bond donors (Lipinski definition) is 2. The Labute approximate surface area is 144 Å². The third-order valence-corrected chi connectivity index (χ3v) is 3.79. The molecule has 0 saturated heterocycles. The normalized spacial score (nSPS) is 11.0. The first-order valence-corrected chi connectivity index (χ1v) is 7.60. The number of carbonyl (C=O) groups is 2. The van der Waals surface area contributed by atoms with Crippen LogP contribution in [-0.2, 0) is 0 Å². The number of methoxy groups -OCH3 is 1. The molecule has 0 saturated carbocycles. The molecule has 0 aromatic heterocycles. The SMILES string of the molecule is COc1ccc(NC(=O)c2ccc(SC(F)(F)F)cc2)c(C(=O)O)c1. The van der Waals surface area contributed by atoms with Crippen LogP contribution in [0.3, 0.4) is 0 Å². The van der Waals surface area contributed by atoms with Gasteiger partial charge in [-0.05, 0) is 54.2 Å². The smallest absolute Gasteiger partial charge is 0.446 e. The van der Waals surface area contributed by atoms with Gasteiger partial charge in [-0.25, -0.2) is 4.79 Å². The van der Waals surface area contributed by atoms with Crippen molar-refractivity contribution in [1.82, 2.24) is 0 Å². The number of carboxylic acids is 1. The second-order valence-electron chi connectivity index (χ2n) is 4.74. The molecule has 0 aliphatic heterocycles. The van der Waals surface area contributed by atoms with Gasteiger partial charge in [0.15, 0.2) is 0 Å². The molecule has 0 spiro atoms. The largest absolute Gasteiger partial charge is 0.497 e. The highest BCUT2D eigenvalue weighted by Crippen LogP contribution is 2.36. The van der Waals surface area contributed by atoms with Crippen molar-refractivity contribution in [3.63, 3.8) is 0 Å². The minimum Gasteiger partial charge on any atom is -0.497 e. The first kappa shape index (κ1) is 18.7. The van der Waals surface area contributed by atoms with Crippen molar-refractivity contribution in [2.24, 2.45) is 0 Å². The van der Waals surface area contributed by atoms with Crippen molar-refractivity contribution in [3.05, 3.63) is 53.6 Å². The fraction of sp³-hybridized carbons (Fsp3) is 0.125. The Balaban J connectivity index is 2.18. The van der Waals surface area contributed by atoms with E-state index in [9.17, 15) is 27.9 Å². The number of thioether (sulfide) groups is 1. The van der Waals surface area contributed by atoms with Crippen LogP contribution in [-0.4, -0.2) is 29.6 Å². The van der Waals surface area contributed by atoms with Crippen LogP contribution in [0.5, 0.6) is 5.75 Å². The Morgan fingerprint density at radius 1 is 1.12 bits per heavy atom. The van der Waals surface area contributed by atoms with Crippen LogP contribution in [0.2, 0.25) is 0 Å². The van der Waals surface area contributed by atoms with Gasteiger partial charge in [0.05, 0.1) is 18.4 Å². The zero-order chi connectivity index (χ0) is 18.6. The summed E-state index contributed by atoms with van der Waals surface area (Å²) in [6, 6.07) is 8.89. The summed E-state index contributed by atoms with van der Waals surface area (Å²) in [5, 5.41) is 11.6. The predicted octanol–water partition coefficient (Wildman–Crippen LogP) is 4.26. The number of carboxylic acid groups (broad SMARTS) is 1. The summed E-state index contributed by atoms with van der Waals surface area (Å²) in [6.45, 7) is 0. The van der Waals surface area contributed by atoms with E-state index in [0.717, 1.165) is 0 Å². The zero-order valence-corrected chi connectivity index (χ0v) is 13.6. The van der Waals surface area contributed by atoms with Crippen molar-refractivity contribution in [2.45, 2.75) is 10.4 Å². The Morgan fingerprint density at radius 2 is 1.76 bits per heavy atom. The van der Waals surface area contributed by atoms with E-state index in [2.05, 4.69) is 5.32 Å². The monoisotopic (exact) mass is 371 g/mol. The van der Waals surface area contributed by atoms with Crippen LogP contribution in [0.4, 0.5) is 18.9 Å². The predicted molar refractivity (Wildman–Crippen MR) is 86.3 cm³/mol. The average Bonchev–Trinajstić information content (AvgIpc) is 2.54. The van der Waals surface area contributed by atoms with Crippen LogP contribution in [0.25, 0.3) is 0 Å². The Morgan fingerprint density at radius 3 is 2.28 bits per heavy atom. The number of ether oxygens (including phenoxy) is 1. The summed E-state index contributed by atoms with van der Waals surface area (Å²) in [5.74, 6) is -1.59. The van der Waals surface area contributed by atoms with Gasteiger partial charge < -0.3 is 15.2 Å². The molecule has 2 rings (SSSR count). The van der Waals surface area contributed by atoms with Gasteiger partial charge in [0.2, 0.25) is 0 Å². The maximum Gasteiger partial charge on any atom is 0.446 e. The summed E-state index contributed by atoms with van der Waals surface area (Å²) >= 11 is -0.288. The summed E-state index contributed by atoms with van der Waals surface area (Å²) in [6.07, 6.45) is 0. The standard InChI is InChI=1S/C16H12F3NO4S/c1-24-10-4-7-13(12(8-10)15(22)23)20-14(21)9-2-5-11(6-3-9)25-16(17,18)19/h2-8H,1H3,(H,20,21)(H,22,23). The highest BCUT2D eigenvalue weighted by atomic mass is 32.2. The first-order chi connectivity index (χ1) is 11.7. The third kappa shape index (κ3) is 5.15. The highest BCUT2D eigenvalue weighted by molar-refractivity contribution is 8.00. The Hall–Kier alpha value is -2.68. The van der Waals surface area contributed by atoms with Gasteiger partial charge in [0, 0.05) is 10.5 Å². The number of alkyl halides is 3. The van der Waals surface area contributed by atoms with Gasteiger partial charge in [-0.15, -0.1) is 0 Å². The van der Waals surface area contributed by atoms with Gasteiger partial charge in [-0.3, -0.25) is 4.79 Å². The number of benzene rings is 2. The third-order valence-electron chi connectivity index (χ3n) is 3.06. The molecule has 132 valence electrons. The number of halogens is 3. The molecule has 0 heterocycles. The minimum atomic E-state index is -4.41. The van der Waals surface area contributed by atoms with Gasteiger partial charge in [0.25, 0.3) is 5.91 Å². The van der Waals surface area contributed by atoms with E-state index < -0.39 is 17.4 Å². The van der Waals surface area contributed by atoms with E-state index in [1.165, 1.54) is 49.6 Å². The second kappa shape index (κ2) is 7.47. The molecule has 5 nitrogen and oxygen atoms in total. The van der Waals surface area contributed by atoms with Gasteiger partial charge in [-0.1, -0.05) is 0 Å². The van der Waals surface area contributed by atoms with Gasteiger partial charge in [-0.2, -0.15) is 13.2 Å². The van der Waals surface area contributed by atoms with Crippen LogP contribution in [0, 0.1) is 0 Å². The summed E-state index contributed by atoms with van der Waals surface area (Å²) in [4.78, 5) is 23.4. The van der Waals surface area contributed by atoms with Crippen LogP contribution in [0.15, 0.2) is 47.4 Å². The van der Waals surface area contributed by atoms with Crippen molar-refractivity contribution in [1.29, 1.82) is 0 Å². The van der Waals surface area contributed by atoms with Gasteiger partial charge in [0.1, 0.15) is 5.75 Å². The first-order valence-electron chi connectivity index (χ1n) is 6.78. The number of aromatic carboxylic acids is 1. The van der Waals surface area contributed by atoms with Crippen molar-refractivity contribution < 1.29 is 32.6 Å². The second-order valence-corrected chi connectivity index (χ2v) is 5.88. The molecule has 9 heteroatoms. The number of anilines is 1. The molecule has 2 aromatic carbocycles. The number of carbonyl (C=O) groups excluding carboxylic acids is 1. The maximum absolute atomic E-state index is 12.3. The zero-order valence-electron chi connectivity index (χ0n) is 12.8. The lowest BCUT2D eigenvalue weighted by Crippen LogP contribution is -2.15. The summed E-state index contributed by atoms with van der Waals surface area (Å²) in [5.41, 5.74) is -4.44. The average molecular weight is 371 g/mol. The molecule has 1 amide bonds. The van der Waals surface area contributed by atoms with Crippen LogP contribution < -0.4 is 10.1 Å². The molecule has 0 unspecified atom stereocenters. The number of hydrogen-bond acceptors (Lipinski definition) is 4. The van der Waals surface area contributed by atoms with E-state index in [0.29, 0.717) is 5.75 Å². The van der Waals surface area contributed by atoms with E-state index in [1.54, 1.807) is 0 Å². The molecule has 2 N–H and O–H groups in total. The minimum absolute atomic E-state index is 0.0482. The molecule has 0 aliphatic carbocycles. The van der Waals surface area contributed by atoms with Crippen molar-refractivity contribution >= 4 is 29.3 Å². The van der Waals surface area contributed by atoms with Crippen LogP contribution >= 0.6 is 11.8 Å². The van der Waals surface area contributed by atoms with Gasteiger partial charge >= 0.3 is 11.5 Å². The fourth-order valence-electron chi connectivity index (χ4n) is 1.94.